The van der Waals surface area contributed by atoms with Crippen LogP contribution in [0.3, 0.4) is 0 Å². The zero-order valence-electron chi connectivity index (χ0n) is 13.2. The number of nitrogens with zero attached hydrogens (tertiary/aromatic N) is 1. The Hall–Kier alpha value is -2.16. The molecule has 3 aromatic rings. The summed E-state index contributed by atoms with van der Waals surface area (Å²) in [6, 6.07) is 17.7. The number of carbonyl (C=O) groups excluding carboxylic acids is 1. The van der Waals surface area contributed by atoms with E-state index in [-0.39, 0.29) is 20.3 Å². The maximum absolute atomic E-state index is 12.6. The van der Waals surface area contributed by atoms with Crippen molar-refractivity contribution in [3.8, 4) is 0 Å². The minimum absolute atomic E-state index is 0.0829. The second-order valence-corrected chi connectivity index (χ2v) is 7.40. The van der Waals surface area contributed by atoms with Crippen LogP contribution in [0.25, 0.3) is 0 Å². The van der Waals surface area contributed by atoms with Crippen molar-refractivity contribution in [2.45, 2.75) is 20.3 Å². The third kappa shape index (κ3) is 3.61. The van der Waals surface area contributed by atoms with E-state index in [9.17, 15) is 4.79 Å². The number of aryl methyl sites for hydroxylation is 2. The average molecular weight is 369 g/mol. The molecule has 3 nitrogen and oxygen atoms in total. The summed E-state index contributed by atoms with van der Waals surface area (Å²) < 4.78 is 1.72. The predicted octanol–water partition coefficient (Wildman–Crippen LogP) is 3.98. The van der Waals surface area contributed by atoms with Gasteiger partial charge in [-0.25, -0.2) is 0 Å². The van der Waals surface area contributed by atoms with E-state index in [4.69, 9.17) is 0 Å². The number of aromatic nitrogens is 1. The molecule has 3 rings (SSSR count). The van der Waals surface area contributed by atoms with Crippen LogP contribution in [0.4, 0.5) is 10.4 Å². The fourth-order valence-electron chi connectivity index (χ4n) is 2.33. The summed E-state index contributed by atoms with van der Waals surface area (Å²) in [6.07, 6.45) is 1.03. The summed E-state index contributed by atoms with van der Waals surface area (Å²) in [5, 5.41) is 3.34. The van der Waals surface area contributed by atoms with Crippen LogP contribution < -0.4 is 5.32 Å². The molecule has 0 aliphatic heterocycles. The molecule has 0 aliphatic rings. The van der Waals surface area contributed by atoms with Crippen molar-refractivity contribution in [2.24, 2.45) is 0 Å². The normalized spacial score (nSPS) is 10.5. The van der Waals surface area contributed by atoms with Gasteiger partial charge in [-0.05, 0) is 0 Å². The first-order chi connectivity index (χ1) is 11.2. The number of benzene rings is 2. The first-order valence-electron chi connectivity index (χ1n) is 7.60. The molecule has 116 valence electrons. The van der Waals surface area contributed by atoms with Gasteiger partial charge in [0.15, 0.2) is 0 Å². The summed E-state index contributed by atoms with van der Waals surface area (Å²) in [5.41, 5.74) is 3.88. The van der Waals surface area contributed by atoms with Crippen LogP contribution in [0.5, 0.6) is 0 Å². The fraction of sp³-hybridized carbons (Fsp3) is 0.158. The Balaban J connectivity index is 1.81. The number of nitrogens with one attached hydrogen (secondary N) is 1. The Morgan fingerprint density at radius 2 is 1.78 bits per heavy atom. The monoisotopic (exact) mass is 370 g/mol. The second kappa shape index (κ2) is 6.95. The molecule has 0 aliphatic carbocycles. The molecule has 2 aromatic carbocycles. The van der Waals surface area contributed by atoms with Crippen molar-refractivity contribution in [2.75, 3.05) is 5.32 Å². The van der Waals surface area contributed by atoms with E-state index in [1.165, 1.54) is 5.56 Å². The van der Waals surface area contributed by atoms with Crippen LogP contribution in [0.1, 0.15) is 33.0 Å². The molecule has 4 heteroatoms. The van der Waals surface area contributed by atoms with Gasteiger partial charge in [-0.15, -0.1) is 0 Å². The molecular weight excluding hydrogens is 351 g/mol. The van der Waals surface area contributed by atoms with Crippen molar-refractivity contribution in [1.82, 2.24) is 4.98 Å². The summed E-state index contributed by atoms with van der Waals surface area (Å²) >= 11 is -0.0829. The van der Waals surface area contributed by atoms with Crippen molar-refractivity contribution < 1.29 is 4.79 Å². The molecule has 0 amide bonds. The molecule has 0 fully saturated rings. The van der Waals surface area contributed by atoms with Crippen molar-refractivity contribution in [3.05, 3.63) is 75.9 Å². The molecule has 0 saturated carbocycles. The van der Waals surface area contributed by atoms with Crippen LogP contribution in [0.15, 0.2) is 54.6 Å². The predicted molar refractivity (Wildman–Crippen MR) is 94.9 cm³/mol. The van der Waals surface area contributed by atoms with Crippen LogP contribution in [0, 0.1) is 6.92 Å². The first-order valence-corrected chi connectivity index (χ1v) is 9.32. The molecule has 23 heavy (non-hydrogen) atoms. The Labute approximate surface area is 142 Å². The van der Waals surface area contributed by atoms with Gasteiger partial charge < -0.3 is 0 Å². The zero-order chi connectivity index (χ0) is 16.2. The standard InChI is InChI=1S/C19H18N2OSe/c1-3-14-9-11-16(12-10-14)21-19-20-13(2)18(23-19)17(22)15-7-5-4-6-8-15/h4-12H,3H2,1-2H3,(H,20,21). The number of anilines is 2. The van der Waals surface area contributed by atoms with Crippen molar-refractivity contribution in [1.29, 1.82) is 0 Å². The summed E-state index contributed by atoms with van der Waals surface area (Å²) in [5.74, 6) is 0.0879. The van der Waals surface area contributed by atoms with Crippen LogP contribution >= 0.6 is 0 Å². The third-order valence-electron chi connectivity index (χ3n) is 3.65. The molecule has 1 N–H and O–H groups in total. The molecule has 0 atom stereocenters. The zero-order valence-corrected chi connectivity index (χ0v) is 14.9. The van der Waals surface area contributed by atoms with Gasteiger partial charge in [0, 0.05) is 0 Å². The van der Waals surface area contributed by atoms with Gasteiger partial charge in [0.25, 0.3) is 0 Å². The van der Waals surface area contributed by atoms with Crippen LogP contribution in [-0.4, -0.2) is 25.3 Å². The van der Waals surface area contributed by atoms with Gasteiger partial charge in [0.05, 0.1) is 0 Å². The maximum atomic E-state index is 12.6. The van der Waals surface area contributed by atoms with Crippen molar-refractivity contribution in [3.63, 3.8) is 0 Å². The summed E-state index contributed by atoms with van der Waals surface area (Å²) in [6.45, 7) is 4.05. The fourth-order valence-corrected chi connectivity index (χ4v) is 4.32. The van der Waals surface area contributed by atoms with Crippen LogP contribution in [-0.2, 0) is 6.42 Å². The van der Waals surface area contributed by atoms with Gasteiger partial charge in [-0.2, -0.15) is 0 Å². The van der Waals surface area contributed by atoms with E-state index >= 15 is 0 Å². The number of hydrogen-bond acceptors (Lipinski definition) is 3. The van der Waals surface area contributed by atoms with E-state index in [0.717, 1.165) is 32.5 Å². The van der Waals surface area contributed by atoms with E-state index < -0.39 is 0 Å². The van der Waals surface area contributed by atoms with Crippen LogP contribution in [0.2, 0.25) is 0 Å². The number of hydrogen-bond donors (Lipinski definition) is 1. The minimum atomic E-state index is -0.0829. The molecule has 0 saturated heterocycles. The number of carbonyl (C=O) groups is 1. The van der Waals surface area contributed by atoms with E-state index in [2.05, 4.69) is 41.5 Å². The second-order valence-electron chi connectivity index (χ2n) is 5.30. The summed E-state index contributed by atoms with van der Waals surface area (Å²) in [4.78, 5) is 17.1. The molecule has 0 spiro atoms. The SMILES string of the molecule is CCc1ccc(Nc2nc(C)c(C(=O)c3ccccc3)[se]2)cc1. The van der Waals surface area contributed by atoms with E-state index in [1.807, 2.05) is 37.3 Å². The summed E-state index contributed by atoms with van der Waals surface area (Å²) in [7, 11) is 0. The topological polar surface area (TPSA) is 42.0 Å². The van der Waals surface area contributed by atoms with Gasteiger partial charge in [-0.1, -0.05) is 0 Å². The Morgan fingerprint density at radius 1 is 1.09 bits per heavy atom. The van der Waals surface area contributed by atoms with Gasteiger partial charge >= 0.3 is 142 Å². The van der Waals surface area contributed by atoms with Gasteiger partial charge in [0.1, 0.15) is 0 Å². The van der Waals surface area contributed by atoms with Gasteiger partial charge in [-0.3, -0.25) is 0 Å². The van der Waals surface area contributed by atoms with Gasteiger partial charge in [0.2, 0.25) is 0 Å². The molecular formula is C19H18N2OSe. The van der Waals surface area contributed by atoms with Crippen molar-refractivity contribution >= 4 is 30.7 Å². The molecule has 1 heterocycles. The Kier molecular flexibility index (Phi) is 4.75. The molecule has 0 radical (unpaired) electrons. The third-order valence-corrected chi connectivity index (χ3v) is 5.90. The molecule has 0 unspecified atom stereocenters. The van der Waals surface area contributed by atoms with E-state index in [0.29, 0.717) is 0 Å². The quantitative estimate of drug-likeness (QED) is 0.546. The molecule has 0 bridgehead atoms. The number of ketones is 1. The Bertz CT molecular complexity index is 807. The molecule has 1 aromatic heterocycles. The first kappa shape index (κ1) is 15.7. The average Bonchev–Trinajstić information content (AvgIpc) is 2.96. The number of rotatable bonds is 5. The Morgan fingerprint density at radius 3 is 2.43 bits per heavy atom. The van der Waals surface area contributed by atoms with E-state index in [1.54, 1.807) is 0 Å².